The predicted octanol–water partition coefficient (Wildman–Crippen LogP) is 2.89. The lowest BCUT2D eigenvalue weighted by Gasteiger charge is -2.09. The first kappa shape index (κ1) is 10.4. The summed E-state index contributed by atoms with van der Waals surface area (Å²) in [4.78, 5) is 16.4. The van der Waals surface area contributed by atoms with E-state index >= 15 is 0 Å². The van der Waals surface area contributed by atoms with Crippen molar-refractivity contribution in [2.75, 3.05) is 7.11 Å². The molecule has 0 aliphatic heterocycles. The van der Waals surface area contributed by atoms with Crippen molar-refractivity contribution in [2.45, 2.75) is 25.7 Å². The Morgan fingerprint density at radius 1 is 1.53 bits per heavy atom. The molecule has 0 unspecified atom stereocenters. The molecule has 0 spiro atoms. The third-order valence-corrected chi connectivity index (χ3v) is 3.53. The van der Waals surface area contributed by atoms with Crippen molar-refractivity contribution in [1.82, 2.24) is 4.98 Å². The molecule has 1 aromatic rings. The molecule has 2 rings (SSSR count). The third kappa shape index (κ3) is 2.26. The van der Waals surface area contributed by atoms with Gasteiger partial charge in [-0.1, -0.05) is 6.08 Å². The number of rotatable bonds is 2. The van der Waals surface area contributed by atoms with Crippen LogP contribution in [0.1, 0.15) is 40.4 Å². The zero-order valence-electron chi connectivity index (χ0n) is 8.66. The largest absolute Gasteiger partial charge is 0.464 e. The number of thiazole rings is 1. The zero-order valence-corrected chi connectivity index (χ0v) is 9.47. The van der Waals surface area contributed by atoms with E-state index in [-0.39, 0.29) is 5.97 Å². The van der Waals surface area contributed by atoms with Crippen LogP contribution < -0.4 is 0 Å². The second kappa shape index (κ2) is 4.57. The first-order valence-electron chi connectivity index (χ1n) is 5.05. The lowest BCUT2D eigenvalue weighted by Crippen LogP contribution is -1.99. The molecule has 0 N–H and O–H groups in total. The molecule has 0 radical (unpaired) electrons. The fraction of sp³-hybridized carbons (Fsp3) is 0.455. The molecule has 1 aliphatic rings. The number of aromatic nitrogens is 1. The van der Waals surface area contributed by atoms with Crippen molar-refractivity contribution >= 4 is 22.9 Å². The van der Waals surface area contributed by atoms with Crippen molar-refractivity contribution in [3.63, 3.8) is 0 Å². The van der Waals surface area contributed by atoms with Gasteiger partial charge in [0, 0.05) is 6.20 Å². The van der Waals surface area contributed by atoms with E-state index < -0.39 is 0 Å². The molecule has 80 valence electrons. The predicted molar refractivity (Wildman–Crippen MR) is 59.9 cm³/mol. The second-order valence-electron chi connectivity index (χ2n) is 3.50. The Morgan fingerprint density at radius 2 is 2.40 bits per heavy atom. The molecule has 3 nitrogen and oxygen atoms in total. The first-order chi connectivity index (χ1) is 7.31. The molecule has 0 bridgehead atoms. The molecule has 0 atom stereocenters. The zero-order chi connectivity index (χ0) is 10.7. The summed E-state index contributed by atoms with van der Waals surface area (Å²) >= 11 is 1.42. The minimum atomic E-state index is -0.345. The maximum absolute atomic E-state index is 11.2. The molecule has 0 saturated heterocycles. The standard InChI is InChI=1S/C11H13NO2S/c1-14-11(13)10-12-7-9(15-10)8-5-3-2-4-6-8/h5,7H,2-4,6H2,1H3. The molecule has 15 heavy (non-hydrogen) atoms. The van der Waals surface area contributed by atoms with Crippen LogP contribution in [0.25, 0.3) is 5.57 Å². The highest BCUT2D eigenvalue weighted by atomic mass is 32.1. The number of hydrogen-bond acceptors (Lipinski definition) is 4. The van der Waals surface area contributed by atoms with Gasteiger partial charge in [-0.25, -0.2) is 9.78 Å². The van der Waals surface area contributed by atoms with Gasteiger partial charge in [0.2, 0.25) is 5.01 Å². The van der Waals surface area contributed by atoms with Crippen LogP contribution in [0.15, 0.2) is 12.3 Å². The van der Waals surface area contributed by atoms with Crippen molar-refractivity contribution in [3.8, 4) is 0 Å². The van der Waals surface area contributed by atoms with Gasteiger partial charge in [0.05, 0.1) is 12.0 Å². The maximum Gasteiger partial charge on any atom is 0.367 e. The molecule has 0 fully saturated rings. The molecular formula is C11H13NO2S. The van der Waals surface area contributed by atoms with Crippen LogP contribution in [0.2, 0.25) is 0 Å². The van der Waals surface area contributed by atoms with E-state index in [1.165, 1.54) is 36.9 Å². The van der Waals surface area contributed by atoms with Crippen LogP contribution in [0.4, 0.5) is 0 Å². The average molecular weight is 223 g/mol. The van der Waals surface area contributed by atoms with Gasteiger partial charge in [-0.05, 0) is 31.3 Å². The van der Waals surface area contributed by atoms with Crippen LogP contribution in [0.5, 0.6) is 0 Å². The summed E-state index contributed by atoms with van der Waals surface area (Å²) < 4.78 is 4.63. The summed E-state index contributed by atoms with van der Waals surface area (Å²) in [6.07, 6.45) is 8.76. The summed E-state index contributed by atoms with van der Waals surface area (Å²) in [5.41, 5.74) is 1.33. The molecule has 0 amide bonds. The Balaban J connectivity index is 2.19. The maximum atomic E-state index is 11.2. The summed E-state index contributed by atoms with van der Waals surface area (Å²) in [5.74, 6) is -0.345. The lowest BCUT2D eigenvalue weighted by molar-refractivity contribution is 0.0600. The highest BCUT2D eigenvalue weighted by molar-refractivity contribution is 7.14. The number of esters is 1. The summed E-state index contributed by atoms with van der Waals surface area (Å²) in [5, 5.41) is 0.443. The number of methoxy groups -OCH3 is 1. The van der Waals surface area contributed by atoms with E-state index in [0.717, 1.165) is 17.7 Å². The minimum Gasteiger partial charge on any atom is -0.464 e. The van der Waals surface area contributed by atoms with Gasteiger partial charge in [0.25, 0.3) is 0 Å². The number of hydrogen-bond donors (Lipinski definition) is 0. The number of carbonyl (C=O) groups excluding carboxylic acids is 1. The number of carbonyl (C=O) groups is 1. The Hall–Kier alpha value is -1.16. The van der Waals surface area contributed by atoms with E-state index in [9.17, 15) is 4.79 Å². The van der Waals surface area contributed by atoms with Gasteiger partial charge >= 0.3 is 5.97 Å². The van der Waals surface area contributed by atoms with Gasteiger partial charge in [0.1, 0.15) is 0 Å². The third-order valence-electron chi connectivity index (χ3n) is 2.47. The summed E-state index contributed by atoms with van der Waals surface area (Å²) in [6, 6.07) is 0. The van der Waals surface area contributed by atoms with Crippen LogP contribution in [-0.4, -0.2) is 18.1 Å². The number of allylic oxidation sites excluding steroid dienone is 2. The van der Waals surface area contributed by atoms with Crippen LogP contribution in [-0.2, 0) is 4.74 Å². The van der Waals surface area contributed by atoms with Crippen LogP contribution >= 0.6 is 11.3 Å². The fourth-order valence-corrected chi connectivity index (χ4v) is 2.57. The topological polar surface area (TPSA) is 39.2 Å². The van der Waals surface area contributed by atoms with Crippen molar-refractivity contribution in [1.29, 1.82) is 0 Å². The quantitative estimate of drug-likeness (QED) is 0.724. The first-order valence-corrected chi connectivity index (χ1v) is 5.86. The SMILES string of the molecule is COC(=O)c1ncc(C2=CCCCC2)s1. The smallest absolute Gasteiger partial charge is 0.367 e. The van der Waals surface area contributed by atoms with Crippen molar-refractivity contribution in [3.05, 3.63) is 22.2 Å². The van der Waals surface area contributed by atoms with E-state index in [1.807, 2.05) is 0 Å². The average Bonchev–Trinajstić information content (AvgIpc) is 2.78. The van der Waals surface area contributed by atoms with Crippen molar-refractivity contribution < 1.29 is 9.53 Å². The molecule has 4 heteroatoms. The molecule has 0 saturated carbocycles. The Kier molecular flexibility index (Phi) is 3.16. The Bertz CT molecular complexity index is 395. The monoisotopic (exact) mass is 223 g/mol. The van der Waals surface area contributed by atoms with Gasteiger partial charge < -0.3 is 4.74 Å². The minimum absolute atomic E-state index is 0.345. The number of nitrogens with zero attached hydrogens (tertiary/aromatic N) is 1. The second-order valence-corrected chi connectivity index (χ2v) is 4.53. The fourth-order valence-electron chi connectivity index (χ4n) is 1.67. The van der Waals surface area contributed by atoms with Crippen LogP contribution in [0, 0.1) is 0 Å². The lowest BCUT2D eigenvalue weighted by atomic mass is 9.99. The van der Waals surface area contributed by atoms with Gasteiger partial charge in [-0.3, -0.25) is 0 Å². The molecule has 1 aliphatic carbocycles. The normalized spacial score (nSPS) is 15.9. The molecule has 1 heterocycles. The van der Waals surface area contributed by atoms with Gasteiger partial charge in [0.15, 0.2) is 0 Å². The van der Waals surface area contributed by atoms with Gasteiger partial charge in [-0.15, -0.1) is 11.3 Å². The summed E-state index contributed by atoms with van der Waals surface area (Å²) in [7, 11) is 1.38. The Morgan fingerprint density at radius 3 is 3.07 bits per heavy atom. The Labute approximate surface area is 92.8 Å². The molecular weight excluding hydrogens is 210 g/mol. The highest BCUT2D eigenvalue weighted by Crippen LogP contribution is 2.30. The van der Waals surface area contributed by atoms with E-state index in [4.69, 9.17) is 0 Å². The van der Waals surface area contributed by atoms with E-state index in [0.29, 0.717) is 5.01 Å². The number of ether oxygens (including phenoxy) is 1. The molecule has 0 aromatic carbocycles. The highest BCUT2D eigenvalue weighted by Gasteiger charge is 2.14. The van der Waals surface area contributed by atoms with E-state index in [1.54, 1.807) is 6.20 Å². The van der Waals surface area contributed by atoms with E-state index in [2.05, 4.69) is 15.8 Å². The van der Waals surface area contributed by atoms with Crippen LogP contribution in [0.3, 0.4) is 0 Å². The molecule has 1 aromatic heterocycles. The van der Waals surface area contributed by atoms with Gasteiger partial charge in [-0.2, -0.15) is 0 Å². The van der Waals surface area contributed by atoms with Crippen molar-refractivity contribution in [2.24, 2.45) is 0 Å². The summed E-state index contributed by atoms with van der Waals surface area (Å²) in [6.45, 7) is 0.